The van der Waals surface area contributed by atoms with E-state index in [1.165, 1.54) is 32.1 Å². The normalized spacial score (nSPS) is 18.9. The monoisotopic (exact) mass is 361 g/mol. The molecular formula is C21H28ClNO2. The Balaban J connectivity index is 1.63. The van der Waals surface area contributed by atoms with Gasteiger partial charge in [-0.05, 0) is 48.9 Å². The molecule has 1 fully saturated rings. The van der Waals surface area contributed by atoms with Crippen molar-refractivity contribution >= 4 is 29.0 Å². The highest BCUT2D eigenvalue weighted by Crippen LogP contribution is 2.32. The molecule has 0 saturated heterocycles. The smallest absolute Gasteiger partial charge is 0.227 e. The third kappa shape index (κ3) is 4.25. The number of amides is 1. The fraction of sp³-hybridized carbons (Fsp3) is 0.619. The van der Waals surface area contributed by atoms with E-state index >= 15 is 0 Å². The second-order valence-corrected chi connectivity index (χ2v) is 7.95. The summed E-state index contributed by atoms with van der Waals surface area (Å²) in [6.45, 7) is 2.64. The number of rotatable bonds is 6. The van der Waals surface area contributed by atoms with Gasteiger partial charge in [0.2, 0.25) is 5.91 Å². The van der Waals surface area contributed by atoms with E-state index in [1.807, 2.05) is 30.0 Å². The van der Waals surface area contributed by atoms with Gasteiger partial charge in [0.15, 0.2) is 5.78 Å². The molecule has 0 radical (unpaired) electrons. The zero-order valence-corrected chi connectivity index (χ0v) is 15.9. The molecule has 0 spiro atoms. The van der Waals surface area contributed by atoms with Crippen molar-refractivity contribution < 1.29 is 9.59 Å². The van der Waals surface area contributed by atoms with Crippen molar-refractivity contribution in [2.75, 3.05) is 11.4 Å². The Morgan fingerprint density at radius 3 is 2.72 bits per heavy atom. The van der Waals surface area contributed by atoms with Crippen LogP contribution in [0.25, 0.3) is 0 Å². The number of carbonyl (C=O) groups excluding carboxylic acids is 2. The zero-order chi connectivity index (χ0) is 17.8. The van der Waals surface area contributed by atoms with Crippen LogP contribution in [-0.4, -0.2) is 23.6 Å². The van der Waals surface area contributed by atoms with E-state index in [4.69, 9.17) is 11.6 Å². The number of ketones is 1. The highest BCUT2D eigenvalue weighted by atomic mass is 35.5. The lowest BCUT2D eigenvalue weighted by atomic mass is 9.86. The lowest BCUT2D eigenvalue weighted by Gasteiger charge is -2.23. The first-order chi connectivity index (χ1) is 12.1. The van der Waals surface area contributed by atoms with Crippen LogP contribution in [0.2, 0.25) is 0 Å². The van der Waals surface area contributed by atoms with Crippen LogP contribution in [0.4, 0.5) is 5.69 Å². The Bertz CT molecular complexity index is 637. The molecule has 1 heterocycles. The van der Waals surface area contributed by atoms with E-state index in [0.29, 0.717) is 18.4 Å². The summed E-state index contributed by atoms with van der Waals surface area (Å²) in [5.74, 6) is 0.940. The number of hydrogen-bond donors (Lipinski definition) is 0. The van der Waals surface area contributed by atoms with Gasteiger partial charge in [0.25, 0.3) is 0 Å². The van der Waals surface area contributed by atoms with Crippen LogP contribution in [0.1, 0.15) is 74.2 Å². The molecule has 1 amide bonds. The van der Waals surface area contributed by atoms with E-state index < -0.39 is 5.38 Å². The summed E-state index contributed by atoms with van der Waals surface area (Å²) in [7, 11) is 0. The van der Waals surface area contributed by atoms with Crippen molar-refractivity contribution in [2.24, 2.45) is 5.92 Å². The second-order valence-electron chi connectivity index (χ2n) is 7.42. The van der Waals surface area contributed by atoms with Gasteiger partial charge in [-0.25, -0.2) is 0 Å². The first-order valence-electron chi connectivity index (χ1n) is 9.71. The first-order valence-corrected chi connectivity index (χ1v) is 10.2. The fourth-order valence-electron chi connectivity index (χ4n) is 4.12. The topological polar surface area (TPSA) is 37.4 Å². The Hall–Kier alpha value is -1.35. The summed E-state index contributed by atoms with van der Waals surface area (Å²) in [6.07, 6.45) is 9.68. The van der Waals surface area contributed by atoms with Gasteiger partial charge in [0, 0.05) is 24.2 Å². The van der Waals surface area contributed by atoms with Crippen LogP contribution in [-0.2, 0) is 11.2 Å². The largest absolute Gasteiger partial charge is 0.312 e. The van der Waals surface area contributed by atoms with Crippen molar-refractivity contribution in [3.8, 4) is 0 Å². The predicted molar refractivity (Wildman–Crippen MR) is 103 cm³/mol. The molecule has 1 aromatic rings. The summed E-state index contributed by atoms with van der Waals surface area (Å²) in [5.41, 5.74) is 2.74. The quantitative estimate of drug-likeness (QED) is 0.520. The van der Waals surface area contributed by atoms with Gasteiger partial charge in [0.1, 0.15) is 0 Å². The third-order valence-corrected chi connectivity index (χ3v) is 6.20. The second kappa shape index (κ2) is 8.35. The molecule has 25 heavy (non-hydrogen) atoms. The summed E-state index contributed by atoms with van der Waals surface area (Å²) < 4.78 is 0. The lowest BCUT2D eigenvalue weighted by Crippen LogP contribution is -2.29. The molecular weight excluding hydrogens is 334 g/mol. The van der Waals surface area contributed by atoms with Crippen molar-refractivity contribution in [1.82, 2.24) is 0 Å². The average molecular weight is 362 g/mol. The number of anilines is 1. The van der Waals surface area contributed by atoms with E-state index in [1.54, 1.807) is 0 Å². The van der Waals surface area contributed by atoms with E-state index in [9.17, 15) is 9.59 Å². The highest BCUT2D eigenvalue weighted by Gasteiger charge is 2.27. The number of nitrogens with zero attached hydrogens (tertiary/aromatic N) is 1. The molecule has 1 saturated carbocycles. The molecule has 1 unspecified atom stereocenters. The molecule has 2 aliphatic rings. The predicted octanol–water partition coefficient (Wildman–Crippen LogP) is 5.14. The van der Waals surface area contributed by atoms with Crippen LogP contribution in [0, 0.1) is 5.92 Å². The molecule has 0 aromatic heterocycles. The summed E-state index contributed by atoms with van der Waals surface area (Å²) in [6, 6.07) is 5.67. The Labute approximate surface area is 155 Å². The summed E-state index contributed by atoms with van der Waals surface area (Å²) in [4.78, 5) is 26.8. The van der Waals surface area contributed by atoms with Crippen molar-refractivity contribution in [1.29, 1.82) is 0 Å². The standard InChI is InChI=1S/C21H28ClNO2/c1-2-18(22)21(25)17-9-10-19-16(14-17)12-13-23(19)20(24)11-8-15-6-4-3-5-7-15/h9-10,14-15,18H,2-8,11-13H2,1H3. The van der Waals surface area contributed by atoms with E-state index in [-0.39, 0.29) is 11.7 Å². The van der Waals surface area contributed by atoms with Gasteiger partial charge in [-0.3, -0.25) is 9.59 Å². The number of Topliss-reactive ketones (excluding diaryl/α,β-unsaturated/α-hetero) is 1. The molecule has 3 rings (SSSR count). The van der Waals surface area contributed by atoms with Crippen molar-refractivity contribution in [2.45, 2.75) is 70.1 Å². The molecule has 1 aliphatic carbocycles. The van der Waals surface area contributed by atoms with Crippen LogP contribution < -0.4 is 4.90 Å². The highest BCUT2D eigenvalue weighted by molar-refractivity contribution is 6.33. The summed E-state index contributed by atoms with van der Waals surface area (Å²) >= 11 is 6.08. The number of fused-ring (bicyclic) bond motifs is 1. The minimum Gasteiger partial charge on any atom is -0.312 e. The SMILES string of the molecule is CCC(Cl)C(=O)c1ccc2c(c1)CCN2C(=O)CCC1CCCCC1. The molecule has 1 aliphatic heterocycles. The van der Waals surface area contributed by atoms with Gasteiger partial charge >= 0.3 is 0 Å². The first kappa shape index (κ1) is 18.4. The van der Waals surface area contributed by atoms with Crippen LogP contribution >= 0.6 is 11.6 Å². The van der Waals surface area contributed by atoms with Gasteiger partial charge in [-0.2, -0.15) is 0 Å². The van der Waals surface area contributed by atoms with Crippen LogP contribution in [0.5, 0.6) is 0 Å². The average Bonchev–Trinajstić information content (AvgIpc) is 3.09. The van der Waals surface area contributed by atoms with E-state index in [0.717, 1.165) is 36.6 Å². The Morgan fingerprint density at radius 1 is 1.24 bits per heavy atom. The number of benzene rings is 1. The molecule has 0 N–H and O–H groups in total. The molecule has 1 aromatic carbocycles. The number of alkyl halides is 1. The molecule has 0 bridgehead atoms. The van der Waals surface area contributed by atoms with Gasteiger partial charge in [-0.15, -0.1) is 11.6 Å². The number of halogens is 1. The zero-order valence-electron chi connectivity index (χ0n) is 15.1. The maximum atomic E-state index is 12.7. The Morgan fingerprint density at radius 2 is 2.00 bits per heavy atom. The fourth-order valence-corrected chi connectivity index (χ4v) is 4.24. The van der Waals surface area contributed by atoms with Crippen LogP contribution in [0.3, 0.4) is 0 Å². The van der Waals surface area contributed by atoms with Crippen LogP contribution in [0.15, 0.2) is 18.2 Å². The van der Waals surface area contributed by atoms with Gasteiger partial charge in [0.05, 0.1) is 5.38 Å². The van der Waals surface area contributed by atoms with Gasteiger partial charge < -0.3 is 4.90 Å². The maximum Gasteiger partial charge on any atom is 0.227 e. The van der Waals surface area contributed by atoms with Crippen molar-refractivity contribution in [3.05, 3.63) is 29.3 Å². The van der Waals surface area contributed by atoms with Gasteiger partial charge in [-0.1, -0.05) is 39.0 Å². The number of hydrogen-bond acceptors (Lipinski definition) is 2. The maximum absolute atomic E-state index is 12.7. The minimum atomic E-state index is -0.465. The third-order valence-electron chi connectivity index (χ3n) is 5.69. The molecule has 1 atom stereocenters. The minimum absolute atomic E-state index is 0.0194. The number of carbonyl (C=O) groups is 2. The Kier molecular flexibility index (Phi) is 6.16. The lowest BCUT2D eigenvalue weighted by molar-refractivity contribution is -0.118. The molecule has 136 valence electrons. The van der Waals surface area contributed by atoms with Crippen molar-refractivity contribution in [3.63, 3.8) is 0 Å². The molecule has 3 nitrogen and oxygen atoms in total. The molecule has 4 heteroatoms. The summed E-state index contributed by atoms with van der Waals surface area (Å²) in [5, 5.41) is -0.465. The van der Waals surface area contributed by atoms with E-state index in [2.05, 4.69) is 0 Å².